The van der Waals surface area contributed by atoms with Gasteiger partial charge in [-0.25, -0.2) is 0 Å². The van der Waals surface area contributed by atoms with Crippen LogP contribution in [0.25, 0.3) is 29.0 Å². The van der Waals surface area contributed by atoms with Gasteiger partial charge in [0.15, 0.2) is 0 Å². The number of phenols is 1. The summed E-state index contributed by atoms with van der Waals surface area (Å²) < 4.78 is 12.2. The molecular weight excluding hydrogens is 434 g/mol. The van der Waals surface area contributed by atoms with Crippen LogP contribution in [0, 0.1) is 0 Å². The quantitative estimate of drug-likeness (QED) is 0.466. The van der Waals surface area contributed by atoms with E-state index in [1.54, 1.807) is 0 Å². The number of likely N-dealkylation sites (tertiary alicyclic amines) is 1. The SMILES string of the molecule is Oc1cc2c(c3c1-c1ccccc1C=CC3)COC(c1ccc(OCCN3CCCCC3)cc1)=C2. The number of ether oxygens (including phenoxy) is 2. The lowest BCUT2D eigenvalue weighted by atomic mass is 9.88. The number of rotatable bonds is 5. The molecule has 0 radical (unpaired) electrons. The van der Waals surface area contributed by atoms with Crippen LogP contribution in [-0.4, -0.2) is 36.2 Å². The maximum Gasteiger partial charge on any atom is 0.127 e. The normalized spacial score (nSPS) is 16.9. The van der Waals surface area contributed by atoms with Crippen LogP contribution >= 0.6 is 0 Å². The largest absolute Gasteiger partial charge is 0.507 e. The summed E-state index contributed by atoms with van der Waals surface area (Å²) in [6.45, 7) is 4.58. The second-order valence-electron chi connectivity index (χ2n) is 9.58. The van der Waals surface area contributed by atoms with E-state index >= 15 is 0 Å². The molecule has 0 spiro atoms. The summed E-state index contributed by atoms with van der Waals surface area (Å²) in [6.07, 6.45) is 11.1. The van der Waals surface area contributed by atoms with Crippen molar-refractivity contribution >= 4 is 17.9 Å². The Morgan fingerprint density at radius 2 is 1.74 bits per heavy atom. The summed E-state index contributed by atoms with van der Waals surface area (Å²) in [7, 11) is 0. The molecule has 178 valence electrons. The topological polar surface area (TPSA) is 41.9 Å². The number of benzene rings is 3. The number of piperidine rings is 1. The lowest BCUT2D eigenvalue weighted by Crippen LogP contribution is -2.33. The number of fused-ring (bicyclic) bond motifs is 5. The molecule has 3 aromatic rings. The Balaban J connectivity index is 1.21. The monoisotopic (exact) mass is 465 g/mol. The molecule has 2 aliphatic heterocycles. The van der Waals surface area contributed by atoms with Crippen LogP contribution in [0.5, 0.6) is 11.5 Å². The van der Waals surface area contributed by atoms with Gasteiger partial charge in [0.05, 0.1) is 0 Å². The third kappa shape index (κ3) is 4.46. The molecule has 0 aromatic heterocycles. The fraction of sp³-hybridized carbons (Fsp3) is 0.290. The van der Waals surface area contributed by atoms with E-state index in [0.717, 1.165) is 63.4 Å². The Morgan fingerprint density at radius 3 is 2.60 bits per heavy atom. The summed E-state index contributed by atoms with van der Waals surface area (Å²) >= 11 is 0. The predicted molar refractivity (Wildman–Crippen MR) is 141 cm³/mol. The first-order valence-electron chi connectivity index (χ1n) is 12.7. The van der Waals surface area contributed by atoms with Crippen molar-refractivity contribution in [2.45, 2.75) is 32.3 Å². The van der Waals surface area contributed by atoms with Crippen molar-refractivity contribution in [2.75, 3.05) is 26.2 Å². The van der Waals surface area contributed by atoms with Gasteiger partial charge in [-0.3, -0.25) is 4.90 Å². The third-order valence-electron chi connectivity index (χ3n) is 7.33. The molecule has 1 aliphatic carbocycles. The molecule has 0 amide bonds. The molecule has 4 nitrogen and oxygen atoms in total. The first kappa shape index (κ1) is 22.0. The number of hydrogen-bond donors (Lipinski definition) is 1. The van der Waals surface area contributed by atoms with Gasteiger partial charge in [-0.1, -0.05) is 42.8 Å². The van der Waals surface area contributed by atoms with Gasteiger partial charge in [-0.15, -0.1) is 0 Å². The first-order valence-corrected chi connectivity index (χ1v) is 12.7. The molecule has 4 heteroatoms. The predicted octanol–water partition coefficient (Wildman–Crippen LogP) is 6.52. The van der Waals surface area contributed by atoms with Crippen molar-refractivity contribution in [1.29, 1.82) is 0 Å². The van der Waals surface area contributed by atoms with Crippen molar-refractivity contribution in [1.82, 2.24) is 4.90 Å². The average molecular weight is 466 g/mol. The van der Waals surface area contributed by atoms with Gasteiger partial charge >= 0.3 is 0 Å². The van der Waals surface area contributed by atoms with E-state index < -0.39 is 0 Å². The number of allylic oxidation sites excluding steroid dienone is 1. The highest BCUT2D eigenvalue weighted by atomic mass is 16.5. The standard InChI is InChI=1S/C31H31NO3/c33-29-19-24-20-30(23-11-13-25(14-12-23)34-18-17-32-15-4-1-5-16-32)35-21-28(24)27-10-6-8-22-7-2-3-9-26(22)31(27)29/h2-3,6-9,11-14,19-20,33H,1,4-5,10,15-18,21H2. The van der Waals surface area contributed by atoms with E-state index in [0.29, 0.717) is 19.0 Å². The van der Waals surface area contributed by atoms with Gasteiger partial charge in [0, 0.05) is 23.2 Å². The molecule has 0 unspecified atom stereocenters. The van der Waals surface area contributed by atoms with Crippen molar-refractivity contribution in [3.8, 4) is 22.6 Å². The maximum absolute atomic E-state index is 11.0. The Bertz CT molecular complexity index is 1280. The highest BCUT2D eigenvalue weighted by Crippen LogP contribution is 2.43. The van der Waals surface area contributed by atoms with E-state index in [1.165, 1.54) is 32.4 Å². The molecule has 0 bridgehead atoms. The fourth-order valence-corrected chi connectivity index (χ4v) is 5.48. The van der Waals surface area contributed by atoms with Crippen LogP contribution in [0.4, 0.5) is 0 Å². The average Bonchev–Trinajstić information content (AvgIpc) is 3.10. The Labute approximate surface area is 207 Å². The number of nitrogens with zero attached hydrogens (tertiary/aromatic N) is 1. The fourth-order valence-electron chi connectivity index (χ4n) is 5.48. The summed E-state index contributed by atoms with van der Waals surface area (Å²) in [4.78, 5) is 2.49. The second-order valence-corrected chi connectivity index (χ2v) is 9.58. The molecular formula is C31H31NO3. The lowest BCUT2D eigenvalue weighted by Gasteiger charge is -2.26. The molecule has 0 saturated carbocycles. The van der Waals surface area contributed by atoms with Crippen molar-refractivity contribution < 1.29 is 14.6 Å². The third-order valence-corrected chi connectivity index (χ3v) is 7.33. The van der Waals surface area contributed by atoms with Crippen LogP contribution in [-0.2, 0) is 17.8 Å². The van der Waals surface area contributed by atoms with Crippen LogP contribution in [0.15, 0.2) is 60.7 Å². The van der Waals surface area contributed by atoms with Gasteiger partial charge in [0.25, 0.3) is 0 Å². The highest BCUT2D eigenvalue weighted by Gasteiger charge is 2.24. The number of hydrogen-bond acceptors (Lipinski definition) is 4. The summed E-state index contributed by atoms with van der Waals surface area (Å²) in [5, 5.41) is 11.0. The Hall–Kier alpha value is -3.50. The van der Waals surface area contributed by atoms with E-state index in [4.69, 9.17) is 9.47 Å². The van der Waals surface area contributed by atoms with E-state index in [1.807, 2.05) is 36.4 Å². The molecule has 1 fully saturated rings. The van der Waals surface area contributed by atoms with Crippen molar-refractivity contribution in [3.05, 3.63) is 88.5 Å². The van der Waals surface area contributed by atoms with Crippen LogP contribution in [0.3, 0.4) is 0 Å². The molecule has 3 aromatic carbocycles. The maximum atomic E-state index is 11.0. The van der Waals surface area contributed by atoms with E-state index in [2.05, 4.69) is 41.3 Å². The van der Waals surface area contributed by atoms with Gasteiger partial charge < -0.3 is 14.6 Å². The first-order chi connectivity index (χ1) is 17.3. The number of aromatic hydroxyl groups is 1. The minimum Gasteiger partial charge on any atom is -0.507 e. The molecule has 2 heterocycles. The van der Waals surface area contributed by atoms with Crippen molar-refractivity contribution in [2.24, 2.45) is 0 Å². The minimum absolute atomic E-state index is 0.324. The van der Waals surface area contributed by atoms with Gasteiger partial charge in [-0.05, 0) is 91.0 Å². The summed E-state index contributed by atoms with van der Waals surface area (Å²) in [6, 6.07) is 18.2. The zero-order valence-corrected chi connectivity index (χ0v) is 20.0. The smallest absolute Gasteiger partial charge is 0.127 e. The molecule has 1 saturated heterocycles. The van der Waals surface area contributed by atoms with Crippen LogP contribution in [0.2, 0.25) is 0 Å². The summed E-state index contributed by atoms with van der Waals surface area (Å²) in [5.74, 6) is 2.03. The molecule has 3 aliphatic rings. The van der Waals surface area contributed by atoms with E-state index in [9.17, 15) is 5.11 Å². The molecule has 6 rings (SSSR count). The Kier molecular flexibility index (Phi) is 6.05. The van der Waals surface area contributed by atoms with Crippen molar-refractivity contribution in [3.63, 3.8) is 0 Å². The molecule has 35 heavy (non-hydrogen) atoms. The van der Waals surface area contributed by atoms with E-state index in [-0.39, 0.29) is 0 Å². The summed E-state index contributed by atoms with van der Waals surface area (Å²) in [5.41, 5.74) is 7.47. The zero-order valence-electron chi connectivity index (χ0n) is 20.0. The van der Waals surface area contributed by atoms with Crippen LogP contribution in [0.1, 0.15) is 47.1 Å². The number of phenolic OH excluding ortho intramolecular Hbond substituents is 1. The minimum atomic E-state index is 0.324. The van der Waals surface area contributed by atoms with Gasteiger partial charge in [0.1, 0.15) is 30.5 Å². The molecule has 0 atom stereocenters. The zero-order chi connectivity index (χ0) is 23.6. The Morgan fingerprint density at radius 1 is 0.914 bits per heavy atom. The second kappa shape index (κ2) is 9.63. The highest BCUT2D eigenvalue weighted by molar-refractivity contribution is 5.88. The molecule has 1 N–H and O–H groups in total. The van der Waals surface area contributed by atoms with Crippen LogP contribution < -0.4 is 4.74 Å². The van der Waals surface area contributed by atoms with Gasteiger partial charge in [-0.2, -0.15) is 0 Å². The lowest BCUT2D eigenvalue weighted by molar-refractivity contribution is 0.183. The van der Waals surface area contributed by atoms with Gasteiger partial charge in [0.2, 0.25) is 0 Å².